The largest absolute Gasteiger partial charge is 0.375 e. The zero-order valence-corrected chi connectivity index (χ0v) is 37.9. The van der Waals surface area contributed by atoms with Gasteiger partial charge in [0, 0.05) is 44.4 Å². The predicted molar refractivity (Wildman–Crippen MR) is 281 cm³/mol. The normalized spacial score (nSPS) is 13.3. The summed E-state index contributed by atoms with van der Waals surface area (Å²) in [6, 6.07) is 71.1. The molecule has 1 aromatic heterocycles. The van der Waals surface area contributed by atoms with Crippen LogP contribution in [0.1, 0.15) is 52.7 Å². The van der Waals surface area contributed by atoms with Gasteiger partial charge in [-0.3, -0.25) is 0 Å². The molecule has 2 aliphatic rings. The van der Waals surface area contributed by atoms with Crippen molar-refractivity contribution < 1.29 is 0 Å². The van der Waals surface area contributed by atoms with Crippen molar-refractivity contribution in [3.8, 4) is 33.4 Å². The Kier molecular flexibility index (Phi) is 7.97. The molecule has 0 saturated heterocycles. The first-order chi connectivity index (χ1) is 31.5. The van der Waals surface area contributed by atoms with E-state index in [9.17, 15) is 0 Å². The van der Waals surface area contributed by atoms with E-state index in [1.165, 1.54) is 121 Å². The summed E-state index contributed by atoms with van der Waals surface area (Å²) in [6.07, 6.45) is 0. The van der Waals surface area contributed by atoms with Crippen molar-refractivity contribution in [1.82, 2.24) is 4.48 Å². The van der Waals surface area contributed by atoms with Crippen molar-refractivity contribution >= 4 is 89.0 Å². The number of nitrogens with zero attached hydrogens (tertiary/aromatic N) is 2. The molecule has 0 saturated carbocycles. The Balaban J connectivity index is 1.26. The SMILES string of the molecule is CC(C)(C)c1c2ccccc2c(C(C)(C)C)c2cc3c(cc12)B1c2c(cc4ccccc4c2-c2cccc4c5ccccc5n1c24)N3c1cc(-c2ccccc2)cc(-c2ccccc2)c1. The first-order valence-corrected chi connectivity index (χ1v) is 23.2. The molecule has 0 spiro atoms. The van der Waals surface area contributed by atoms with Gasteiger partial charge >= 0.3 is 6.85 Å². The molecule has 0 fully saturated rings. The van der Waals surface area contributed by atoms with Gasteiger partial charge in [-0.25, -0.2) is 0 Å². The Bertz CT molecular complexity index is 3730. The second-order valence-electron chi connectivity index (χ2n) is 20.5. The molecule has 0 atom stereocenters. The molecule has 2 aliphatic heterocycles. The number of rotatable bonds is 3. The highest BCUT2D eigenvalue weighted by molar-refractivity contribution is 6.90. The molecule has 0 unspecified atom stereocenters. The van der Waals surface area contributed by atoms with Crippen LogP contribution in [0.5, 0.6) is 0 Å². The van der Waals surface area contributed by atoms with E-state index in [0.717, 1.165) is 5.69 Å². The molecule has 0 radical (unpaired) electrons. The lowest BCUT2D eigenvalue weighted by molar-refractivity contribution is 0.593. The minimum Gasteiger partial charge on any atom is -0.375 e. The lowest BCUT2D eigenvalue weighted by Gasteiger charge is -2.42. The molecule has 0 bridgehead atoms. The molecule has 11 aromatic rings. The molecule has 0 aliphatic carbocycles. The Morgan fingerprint density at radius 2 is 0.938 bits per heavy atom. The smallest absolute Gasteiger partial charge is 0.333 e. The maximum atomic E-state index is 2.71. The van der Waals surface area contributed by atoms with Gasteiger partial charge < -0.3 is 9.38 Å². The highest BCUT2D eigenvalue weighted by Crippen LogP contribution is 2.51. The summed E-state index contributed by atoms with van der Waals surface area (Å²) < 4.78 is 2.71. The third-order valence-corrected chi connectivity index (χ3v) is 14.4. The van der Waals surface area contributed by atoms with E-state index in [2.05, 4.69) is 239 Å². The first kappa shape index (κ1) is 38.1. The summed E-state index contributed by atoms with van der Waals surface area (Å²) in [6.45, 7) is 14.3. The molecule has 0 N–H and O–H groups in total. The number of fused-ring (bicyclic) bond motifs is 11. The molecule has 3 heteroatoms. The van der Waals surface area contributed by atoms with Crippen LogP contribution in [-0.4, -0.2) is 11.3 Å². The minimum absolute atomic E-state index is 0.0826. The number of para-hydroxylation sites is 2. The molecular formula is C62H49BN2. The fourth-order valence-electron chi connectivity index (χ4n) is 12.0. The van der Waals surface area contributed by atoms with Crippen LogP contribution >= 0.6 is 0 Å². The van der Waals surface area contributed by atoms with Crippen molar-refractivity contribution in [2.24, 2.45) is 0 Å². The first-order valence-electron chi connectivity index (χ1n) is 23.2. The van der Waals surface area contributed by atoms with Crippen LogP contribution in [0, 0.1) is 0 Å². The van der Waals surface area contributed by atoms with Crippen molar-refractivity contribution in [3.05, 3.63) is 199 Å². The summed E-state index contributed by atoms with van der Waals surface area (Å²) in [5.41, 5.74) is 18.9. The Hall–Kier alpha value is -7.36. The van der Waals surface area contributed by atoms with Gasteiger partial charge in [0.25, 0.3) is 0 Å². The van der Waals surface area contributed by atoms with Gasteiger partial charge in [0.1, 0.15) is 0 Å². The molecule has 65 heavy (non-hydrogen) atoms. The Morgan fingerprint density at radius 1 is 0.400 bits per heavy atom. The minimum atomic E-state index is -0.135. The van der Waals surface area contributed by atoms with E-state index in [4.69, 9.17) is 0 Å². The summed E-state index contributed by atoms with van der Waals surface area (Å²) in [5.74, 6) is 0. The van der Waals surface area contributed by atoms with Crippen molar-refractivity contribution in [3.63, 3.8) is 0 Å². The van der Waals surface area contributed by atoms with E-state index in [0.29, 0.717) is 0 Å². The average molecular weight is 833 g/mol. The third-order valence-electron chi connectivity index (χ3n) is 14.4. The number of aromatic nitrogens is 1. The van der Waals surface area contributed by atoms with Gasteiger partial charge in [-0.2, -0.15) is 0 Å². The topological polar surface area (TPSA) is 8.17 Å². The van der Waals surface area contributed by atoms with Crippen LogP contribution in [0.3, 0.4) is 0 Å². The molecule has 3 heterocycles. The fourth-order valence-corrected chi connectivity index (χ4v) is 12.0. The zero-order chi connectivity index (χ0) is 43.9. The van der Waals surface area contributed by atoms with Crippen LogP contribution in [-0.2, 0) is 10.8 Å². The third kappa shape index (κ3) is 5.48. The van der Waals surface area contributed by atoms with Crippen LogP contribution < -0.4 is 15.8 Å². The lowest BCUT2D eigenvalue weighted by atomic mass is 9.44. The standard InChI is InChI=1S/C62H49BN2/c1-61(2,3)57-46-27-15-16-28-47(46)58(62(4,5)6)51-37-54-52(36-50(51)57)63-59-55(64(54)43-33-41(38-20-9-7-10-21-38)32-42(34-43)39-22-11-8-12-23-39)35-40-24-13-14-25-44(40)56(59)49-30-19-29-48-45-26-17-18-31-53(45)65(63)60(48)49/h7-37H,1-6H3. The van der Waals surface area contributed by atoms with Crippen molar-refractivity contribution in [2.45, 2.75) is 52.4 Å². The monoisotopic (exact) mass is 832 g/mol. The fraction of sp³-hybridized carbons (Fsp3) is 0.129. The summed E-state index contributed by atoms with van der Waals surface area (Å²) in [4.78, 5) is 2.64. The van der Waals surface area contributed by atoms with Gasteiger partial charge in [-0.1, -0.05) is 193 Å². The summed E-state index contributed by atoms with van der Waals surface area (Å²) in [5, 5.41) is 10.5. The second kappa shape index (κ2) is 13.6. The van der Waals surface area contributed by atoms with Crippen LogP contribution in [0.4, 0.5) is 17.1 Å². The number of hydrogen-bond acceptors (Lipinski definition) is 1. The van der Waals surface area contributed by atoms with E-state index in [-0.39, 0.29) is 17.7 Å². The van der Waals surface area contributed by atoms with Crippen molar-refractivity contribution in [1.29, 1.82) is 0 Å². The molecular weight excluding hydrogens is 784 g/mol. The van der Waals surface area contributed by atoms with Crippen LogP contribution in [0.25, 0.3) is 87.5 Å². The highest BCUT2D eigenvalue weighted by Gasteiger charge is 2.44. The zero-order valence-electron chi connectivity index (χ0n) is 37.9. The van der Waals surface area contributed by atoms with Gasteiger partial charge in [0.05, 0.1) is 0 Å². The highest BCUT2D eigenvalue weighted by atomic mass is 15.2. The van der Waals surface area contributed by atoms with Gasteiger partial charge in [-0.05, 0) is 129 Å². The second-order valence-corrected chi connectivity index (χ2v) is 20.5. The van der Waals surface area contributed by atoms with E-state index < -0.39 is 0 Å². The van der Waals surface area contributed by atoms with E-state index in [1.807, 2.05) is 0 Å². The lowest BCUT2D eigenvalue weighted by Crippen LogP contribution is -2.56. The van der Waals surface area contributed by atoms with Crippen LogP contribution in [0.15, 0.2) is 188 Å². The summed E-state index contributed by atoms with van der Waals surface area (Å²) >= 11 is 0. The van der Waals surface area contributed by atoms with E-state index >= 15 is 0 Å². The Morgan fingerprint density at radius 3 is 1.57 bits per heavy atom. The van der Waals surface area contributed by atoms with Crippen LogP contribution in [0.2, 0.25) is 0 Å². The Labute approximate surface area is 381 Å². The maximum absolute atomic E-state index is 2.71. The molecule has 2 nitrogen and oxygen atoms in total. The molecule has 0 amide bonds. The number of anilines is 3. The quantitative estimate of drug-likeness (QED) is 0.127. The van der Waals surface area contributed by atoms with Gasteiger partial charge in [-0.15, -0.1) is 0 Å². The van der Waals surface area contributed by atoms with E-state index in [1.54, 1.807) is 0 Å². The molecule has 10 aromatic carbocycles. The maximum Gasteiger partial charge on any atom is 0.333 e. The average Bonchev–Trinajstić information content (AvgIpc) is 3.65. The predicted octanol–water partition coefficient (Wildman–Crippen LogP) is 15.6. The summed E-state index contributed by atoms with van der Waals surface area (Å²) in [7, 11) is 0. The number of benzene rings is 10. The van der Waals surface area contributed by atoms with Crippen molar-refractivity contribution in [2.75, 3.05) is 4.90 Å². The molecule has 310 valence electrons. The molecule has 13 rings (SSSR count). The van der Waals surface area contributed by atoms with Gasteiger partial charge in [0.15, 0.2) is 0 Å². The number of hydrogen-bond donors (Lipinski definition) is 0. The van der Waals surface area contributed by atoms with Gasteiger partial charge in [0.2, 0.25) is 0 Å².